The van der Waals surface area contributed by atoms with E-state index in [1.165, 1.54) is 19.2 Å². The minimum atomic E-state index is -0.570. The van der Waals surface area contributed by atoms with Crippen molar-refractivity contribution in [3.63, 3.8) is 0 Å². The molecule has 1 aromatic carbocycles. The Kier molecular flexibility index (Phi) is 6.36. The van der Waals surface area contributed by atoms with Crippen LogP contribution in [-0.4, -0.2) is 64.2 Å². The summed E-state index contributed by atoms with van der Waals surface area (Å²) in [6.07, 6.45) is 3.71. The topological polar surface area (TPSA) is 96.8 Å². The zero-order chi connectivity index (χ0) is 22.8. The summed E-state index contributed by atoms with van der Waals surface area (Å²) in [5.41, 5.74) is 2.65. The molecule has 0 atom stereocenters. The van der Waals surface area contributed by atoms with Crippen LogP contribution in [0.25, 0.3) is 0 Å². The molecular weight excluding hydrogens is 434 g/mol. The highest BCUT2D eigenvalue weighted by Crippen LogP contribution is 2.26. The standard InChI is InChI=1S/C22H26ClN5O4/c1-26-18-8-11-28(13-16(18)19(25-26)20(29)27-9-4-3-5-10-27)22(31)24-17-12-14(23)6-7-15(17)21(30)32-2/h6-7,12H,3-5,8-11,13H2,1-2H3,(H,24,31). The fourth-order valence-corrected chi connectivity index (χ4v) is 4.46. The van der Waals surface area contributed by atoms with Crippen LogP contribution < -0.4 is 5.32 Å². The summed E-state index contributed by atoms with van der Waals surface area (Å²) < 4.78 is 6.54. The predicted molar refractivity (Wildman–Crippen MR) is 119 cm³/mol. The number of rotatable bonds is 3. The van der Waals surface area contributed by atoms with Crippen LogP contribution in [0.1, 0.15) is 51.4 Å². The molecule has 0 aliphatic carbocycles. The lowest BCUT2D eigenvalue weighted by Gasteiger charge is -2.29. The number of aromatic nitrogens is 2. The van der Waals surface area contributed by atoms with Crippen LogP contribution in [0.2, 0.25) is 5.02 Å². The van der Waals surface area contributed by atoms with Crippen LogP contribution in [0.5, 0.6) is 0 Å². The van der Waals surface area contributed by atoms with Crippen molar-refractivity contribution < 1.29 is 19.1 Å². The van der Waals surface area contributed by atoms with Gasteiger partial charge in [-0.25, -0.2) is 9.59 Å². The van der Waals surface area contributed by atoms with Gasteiger partial charge in [0.1, 0.15) is 0 Å². The van der Waals surface area contributed by atoms with E-state index in [2.05, 4.69) is 10.4 Å². The van der Waals surface area contributed by atoms with Gasteiger partial charge in [0.05, 0.1) is 24.9 Å². The van der Waals surface area contributed by atoms with E-state index >= 15 is 0 Å². The van der Waals surface area contributed by atoms with E-state index in [9.17, 15) is 14.4 Å². The van der Waals surface area contributed by atoms with Crippen LogP contribution in [0.3, 0.4) is 0 Å². The number of aryl methyl sites for hydroxylation is 1. The highest BCUT2D eigenvalue weighted by molar-refractivity contribution is 6.31. The first-order valence-electron chi connectivity index (χ1n) is 10.7. The number of piperidine rings is 1. The maximum atomic E-state index is 13.1. The highest BCUT2D eigenvalue weighted by Gasteiger charge is 2.32. The largest absolute Gasteiger partial charge is 0.465 e. The fourth-order valence-electron chi connectivity index (χ4n) is 4.29. The second-order valence-corrected chi connectivity index (χ2v) is 8.47. The molecule has 1 N–H and O–H groups in total. The van der Waals surface area contributed by atoms with Gasteiger partial charge in [-0.3, -0.25) is 9.48 Å². The van der Waals surface area contributed by atoms with Gasteiger partial charge < -0.3 is 19.9 Å². The molecule has 3 amide bonds. The third-order valence-electron chi connectivity index (χ3n) is 6.00. The Balaban J connectivity index is 1.55. The van der Waals surface area contributed by atoms with Crippen molar-refractivity contribution in [3.8, 4) is 0 Å². The van der Waals surface area contributed by atoms with Crippen LogP contribution in [0.4, 0.5) is 10.5 Å². The Morgan fingerprint density at radius 1 is 1.09 bits per heavy atom. The summed E-state index contributed by atoms with van der Waals surface area (Å²) in [7, 11) is 3.11. The normalized spacial score (nSPS) is 15.8. The van der Waals surface area contributed by atoms with E-state index in [0.717, 1.165) is 43.6 Å². The van der Waals surface area contributed by atoms with Crippen molar-refractivity contribution in [2.75, 3.05) is 32.1 Å². The number of carbonyl (C=O) groups is 3. The first-order valence-corrected chi connectivity index (χ1v) is 11.0. The molecule has 3 heterocycles. The average Bonchev–Trinajstić information content (AvgIpc) is 3.14. The summed E-state index contributed by atoms with van der Waals surface area (Å²) in [6, 6.07) is 4.19. The molecule has 0 radical (unpaired) electrons. The minimum Gasteiger partial charge on any atom is -0.465 e. The molecule has 1 saturated heterocycles. The van der Waals surface area contributed by atoms with Crippen molar-refractivity contribution in [2.24, 2.45) is 7.05 Å². The van der Waals surface area contributed by atoms with E-state index < -0.39 is 5.97 Å². The second kappa shape index (κ2) is 9.20. The molecule has 9 nitrogen and oxygen atoms in total. The van der Waals surface area contributed by atoms with E-state index in [-0.39, 0.29) is 29.7 Å². The number of likely N-dealkylation sites (tertiary alicyclic amines) is 1. The number of urea groups is 1. The van der Waals surface area contributed by atoms with Gasteiger partial charge in [0.2, 0.25) is 0 Å². The molecule has 1 fully saturated rings. The van der Waals surface area contributed by atoms with E-state index in [1.807, 2.05) is 11.9 Å². The predicted octanol–water partition coefficient (Wildman–Crippen LogP) is 3.08. The van der Waals surface area contributed by atoms with Gasteiger partial charge in [0.15, 0.2) is 5.69 Å². The van der Waals surface area contributed by atoms with Crippen molar-refractivity contribution in [1.29, 1.82) is 0 Å². The molecule has 0 spiro atoms. The van der Waals surface area contributed by atoms with Gasteiger partial charge >= 0.3 is 12.0 Å². The first kappa shape index (κ1) is 22.1. The van der Waals surface area contributed by atoms with Crippen molar-refractivity contribution in [2.45, 2.75) is 32.2 Å². The van der Waals surface area contributed by atoms with Crippen LogP contribution in [0, 0.1) is 0 Å². The van der Waals surface area contributed by atoms with Gasteiger partial charge in [-0.05, 0) is 37.5 Å². The van der Waals surface area contributed by atoms with E-state index in [1.54, 1.807) is 15.6 Å². The molecule has 0 unspecified atom stereocenters. The molecule has 170 valence electrons. The highest BCUT2D eigenvalue weighted by atomic mass is 35.5. The maximum Gasteiger partial charge on any atom is 0.339 e. The van der Waals surface area contributed by atoms with Crippen LogP contribution in [0.15, 0.2) is 18.2 Å². The molecule has 32 heavy (non-hydrogen) atoms. The number of fused-ring (bicyclic) bond motifs is 1. The summed E-state index contributed by atoms with van der Waals surface area (Å²) in [4.78, 5) is 41.7. The number of amides is 3. The Morgan fingerprint density at radius 3 is 2.56 bits per heavy atom. The zero-order valence-corrected chi connectivity index (χ0v) is 18.9. The lowest BCUT2D eigenvalue weighted by atomic mass is 10.0. The number of hydrogen-bond donors (Lipinski definition) is 1. The SMILES string of the molecule is COC(=O)c1ccc(Cl)cc1NC(=O)N1CCc2c(c(C(=O)N3CCCCC3)nn2C)C1. The van der Waals surface area contributed by atoms with E-state index in [4.69, 9.17) is 16.3 Å². The maximum absolute atomic E-state index is 13.1. The summed E-state index contributed by atoms with van der Waals surface area (Å²) >= 11 is 6.06. The Labute approximate surface area is 191 Å². The lowest BCUT2D eigenvalue weighted by molar-refractivity contribution is 0.0601. The first-order chi connectivity index (χ1) is 15.4. The Morgan fingerprint density at radius 2 is 1.84 bits per heavy atom. The molecule has 1 aromatic heterocycles. The third kappa shape index (κ3) is 4.29. The number of halogens is 1. The summed E-state index contributed by atoms with van der Waals surface area (Å²) in [5.74, 6) is -0.647. The van der Waals surface area contributed by atoms with Gasteiger partial charge in [-0.1, -0.05) is 11.6 Å². The van der Waals surface area contributed by atoms with Gasteiger partial charge in [0, 0.05) is 49.4 Å². The zero-order valence-electron chi connectivity index (χ0n) is 18.2. The monoisotopic (exact) mass is 459 g/mol. The van der Waals surface area contributed by atoms with Crippen molar-refractivity contribution in [3.05, 3.63) is 45.7 Å². The number of carbonyl (C=O) groups excluding carboxylic acids is 3. The molecule has 2 aromatic rings. The smallest absolute Gasteiger partial charge is 0.339 e. The van der Waals surface area contributed by atoms with Crippen LogP contribution >= 0.6 is 11.6 Å². The number of methoxy groups -OCH3 is 1. The van der Waals surface area contributed by atoms with Crippen LogP contribution in [-0.2, 0) is 24.8 Å². The number of hydrogen-bond acceptors (Lipinski definition) is 5. The molecular formula is C22H26ClN5O4. The molecule has 2 aliphatic heterocycles. The summed E-state index contributed by atoms with van der Waals surface area (Å²) in [5, 5.41) is 7.64. The minimum absolute atomic E-state index is 0.0772. The lowest BCUT2D eigenvalue weighted by Crippen LogP contribution is -2.40. The Hall–Kier alpha value is -3.07. The quantitative estimate of drug-likeness (QED) is 0.711. The Bertz CT molecular complexity index is 1060. The van der Waals surface area contributed by atoms with Gasteiger partial charge in [0.25, 0.3) is 5.91 Å². The number of nitrogens with one attached hydrogen (secondary N) is 1. The number of esters is 1. The van der Waals surface area contributed by atoms with Crippen molar-refractivity contribution in [1.82, 2.24) is 19.6 Å². The molecule has 2 aliphatic rings. The average molecular weight is 460 g/mol. The fraction of sp³-hybridized carbons (Fsp3) is 0.455. The van der Waals surface area contributed by atoms with Crippen molar-refractivity contribution >= 4 is 35.2 Å². The molecule has 10 heteroatoms. The number of nitrogens with zero attached hydrogens (tertiary/aromatic N) is 4. The number of ether oxygens (including phenoxy) is 1. The third-order valence-corrected chi connectivity index (χ3v) is 6.24. The molecule has 4 rings (SSSR count). The summed E-state index contributed by atoms with van der Waals surface area (Å²) in [6.45, 7) is 2.20. The van der Waals surface area contributed by atoms with E-state index in [0.29, 0.717) is 23.7 Å². The number of anilines is 1. The number of benzene rings is 1. The van der Waals surface area contributed by atoms with Gasteiger partial charge in [-0.15, -0.1) is 0 Å². The van der Waals surface area contributed by atoms with Gasteiger partial charge in [-0.2, -0.15) is 5.10 Å². The molecule has 0 saturated carbocycles. The second-order valence-electron chi connectivity index (χ2n) is 8.03. The molecule has 0 bridgehead atoms.